The number of aryl methyl sites for hydroxylation is 2. The molecular formula is C21H28N4O3S. The first kappa shape index (κ1) is 19.9. The maximum absolute atomic E-state index is 12.8. The monoisotopic (exact) mass is 416 g/mol. The zero-order valence-electron chi connectivity index (χ0n) is 16.9. The third-order valence-electron chi connectivity index (χ3n) is 6.26. The van der Waals surface area contributed by atoms with E-state index in [-0.39, 0.29) is 4.91 Å². The van der Waals surface area contributed by atoms with Crippen LogP contribution in [0.1, 0.15) is 61.3 Å². The third kappa shape index (κ3) is 3.77. The molecule has 0 unspecified atom stereocenters. The Morgan fingerprint density at radius 2 is 1.69 bits per heavy atom. The van der Waals surface area contributed by atoms with Crippen molar-refractivity contribution in [1.29, 1.82) is 0 Å². The van der Waals surface area contributed by atoms with Crippen molar-refractivity contribution < 1.29 is 13.2 Å². The Hall–Kier alpha value is -2.35. The van der Waals surface area contributed by atoms with Crippen molar-refractivity contribution in [3.8, 4) is 0 Å². The topological polar surface area (TPSA) is 90.9 Å². The normalized spacial score (nSPS) is 20.1. The standard InChI is InChI=1S/C21H28N4O3S/c1-14(19-11-3-4-12-25(19)22-2)29(27,28)24-21(26)23-20-17-9-5-7-15(17)13-16-8-6-10-18(16)20/h13H,2-12H2,1H3,(H2,23,24,26)/b19-14+. The van der Waals surface area contributed by atoms with Crippen LogP contribution in [0.2, 0.25) is 0 Å². The Balaban J connectivity index is 1.57. The number of nitrogens with zero attached hydrogens (tertiary/aromatic N) is 2. The van der Waals surface area contributed by atoms with Gasteiger partial charge in [-0.15, -0.1) is 0 Å². The van der Waals surface area contributed by atoms with Crippen molar-refractivity contribution in [1.82, 2.24) is 9.73 Å². The second kappa shape index (κ2) is 7.82. The molecule has 3 aliphatic rings. The van der Waals surface area contributed by atoms with E-state index < -0.39 is 16.1 Å². The summed E-state index contributed by atoms with van der Waals surface area (Å²) in [5, 5.41) is 8.42. The van der Waals surface area contributed by atoms with E-state index in [2.05, 4.69) is 27.9 Å². The largest absolute Gasteiger partial charge is 0.333 e. The summed E-state index contributed by atoms with van der Waals surface area (Å²) in [5.74, 6) is 0. The highest BCUT2D eigenvalue weighted by Gasteiger charge is 2.28. The van der Waals surface area contributed by atoms with Gasteiger partial charge in [0, 0.05) is 18.9 Å². The first-order valence-electron chi connectivity index (χ1n) is 10.3. The molecule has 7 nitrogen and oxygen atoms in total. The number of nitrogens with one attached hydrogen (secondary N) is 2. The van der Waals surface area contributed by atoms with Crippen LogP contribution in [0.25, 0.3) is 0 Å². The van der Waals surface area contributed by atoms with Gasteiger partial charge < -0.3 is 5.32 Å². The van der Waals surface area contributed by atoms with Gasteiger partial charge in [-0.25, -0.2) is 17.9 Å². The summed E-state index contributed by atoms with van der Waals surface area (Å²) in [5.41, 5.74) is 6.35. The molecule has 29 heavy (non-hydrogen) atoms. The number of amides is 2. The van der Waals surface area contributed by atoms with Crippen molar-refractivity contribution in [2.24, 2.45) is 5.10 Å². The summed E-state index contributed by atoms with van der Waals surface area (Å²) in [6.07, 6.45) is 8.47. The van der Waals surface area contributed by atoms with E-state index in [0.29, 0.717) is 18.7 Å². The molecule has 0 spiro atoms. The highest BCUT2D eigenvalue weighted by Crippen LogP contribution is 2.38. The van der Waals surface area contributed by atoms with Crippen molar-refractivity contribution in [2.75, 3.05) is 11.9 Å². The van der Waals surface area contributed by atoms with Crippen LogP contribution in [0.3, 0.4) is 0 Å². The van der Waals surface area contributed by atoms with Gasteiger partial charge in [0.25, 0.3) is 10.0 Å². The van der Waals surface area contributed by atoms with Gasteiger partial charge in [-0.3, -0.25) is 5.01 Å². The summed E-state index contributed by atoms with van der Waals surface area (Å²) in [4.78, 5) is 12.8. The SMILES string of the molecule is C=NN1CCCC/C1=C(/C)S(=O)(=O)NC(=O)Nc1c2c(cc3c1CCC3)CCC2. The lowest BCUT2D eigenvalue weighted by Crippen LogP contribution is -2.37. The van der Waals surface area contributed by atoms with E-state index in [0.717, 1.165) is 57.1 Å². The molecule has 1 saturated heterocycles. The van der Waals surface area contributed by atoms with Crippen LogP contribution in [0.5, 0.6) is 0 Å². The van der Waals surface area contributed by atoms with E-state index in [4.69, 9.17) is 0 Å². The summed E-state index contributed by atoms with van der Waals surface area (Å²) < 4.78 is 27.9. The molecule has 2 amide bonds. The predicted molar refractivity (Wildman–Crippen MR) is 114 cm³/mol. The van der Waals surface area contributed by atoms with E-state index >= 15 is 0 Å². The molecule has 1 heterocycles. The molecule has 1 fully saturated rings. The molecule has 8 heteroatoms. The fourth-order valence-electron chi connectivity index (χ4n) is 4.79. The van der Waals surface area contributed by atoms with Crippen molar-refractivity contribution >= 4 is 28.5 Å². The average Bonchev–Trinajstić information content (AvgIpc) is 3.36. The van der Waals surface area contributed by atoms with E-state index in [9.17, 15) is 13.2 Å². The second-order valence-corrected chi connectivity index (χ2v) is 9.84. The number of allylic oxidation sites excluding steroid dienone is 2. The van der Waals surface area contributed by atoms with E-state index in [1.165, 1.54) is 29.2 Å². The number of rotatable bonds is 4. The molecule has 0 saturated carbocycles. The average molecular weight is 417 g/mol. The van der Waals surface area contributed by atoms with Gasteiger partial charge >= 0.3 is 6.03 Å². The summed E-state index contributed by atoms with van der Waals surface area (Å²) in [6, 6.07) is 1.58. The van der Waals surface area contributed by atoms with Crippen LogP contribution in [-0.2, 0) is 35.7 Å². The highest BCUT2D eigenvalue weighted by molar-refractivity contribution is 7.93. The fraction of sp³-hybridized carbons (Fsp3) is 0.524. The first-order chi connectivity index (χ1) is 13.9. The molecule has 0 bridgehead atoms. The zero-order valence-corrected chi connectivity index (χ0v) is 17.7. The van der Waals surface area contributed by atoms with Gasteiger partial charge in [-0.2, -0.15) is 5.10 Å². The summed E-state index contributed by atoms with van der Waals surface area (Å²) in [7, 11) is -3.96. The summed E-state index contributed by atoms with van der Waals surface area (Å²) in [6.45, 7) is 5.69. The van der Waals surface area contributed by atoms with Crippen LogP contribution in [0, 0.1) is 0 Å². The molecule has 0 aromatic heterocycles. The van der Waals surface area contributed by atoms with E-state index in [1.54, 1.807) is 5.01 Å². The Morgan fingerprint density at radius 3 is 2.31 bits per heavy atom. The lowest BCUT2D eigenvalue weighted by molar-refractivity contribution is 0.256. The van der Waals surface area contributed by atoms with Gasteiger partial charge in [-0.05, 0) is 87.0 Å². The van der Waals surface area contributed by atoms with Crippen LogP contribution in [0.4, 0.5) is 10.5 Å². The molecule has 2 aliphatic carbocycles. The van der Waals surface area contributed by atoms with Gasteiger partial charge in [0.2, 0.25) is 0 Å². The number of sulfonamides is 1. The smallest absolute Gasteiger partial charge is 0.307 e. The molecule has 156 valence electrons. The predicted octanol–water partition coefficient (Wildman–Crippen LogP) is 3.45. The van der Waals surface area contributed by atoms with Crippen LogP contribution in [0.15, 0.2) is 21.8 Å². The molecule has 1 aliphatic heterocycles. The maximum Gasteiger partial charge on any atom is 0.333 e. The second-order valence-electron chi connectivity index (χ2n) is 8.02. The van der Waals surface area contributed by atoms with Crippen LogP contribution in [-0.4, -0.2) is 32.7 Å². The minimum Gasteiger partial charge on any atom is -0.307 e. The van der Waals surface area contributed by atoms with Crippen molar-refractivity contribution in [3.63, 3.8) is 0 Å². The Bertz CT molecular complexity index is 965. The fourth-order valence-corrected chi connectivity index (χ4v) is 5.76. The Labute approximate surface area is 172 Å². The first-order valence-corrected chi connectivity index (χ1v) is 11.8. The Kier molecular flexibility index (Phi) is 5.38. The minimum atomic E-state index is -3.96. The van der Waals surface area contributed by atoms with Gasteiger partial charge in [-0.1, -0.05) is 6.07 Å². The number of carbonyl (C=O) groups is 1. The number of hydrogen-bond acceptors (Lipinski definition) is 5. The van der Waals surface area contributed by atoms with Crippen molar-refractivity contribution in [2.45, 2.75) is 64.7 Å². The number of benzene rings is 1. The van der Waals surface area contributed by atoms with Crippen LogP contribution >= 0.6 is 0 Å². The van der Waals surface area contributed by atoms with Crippen molar-refractivity contribution in [3.05, 3.63) is 38.9 Å². The number of piperidine rings is 1. The number of hydrogen-bond donors (Lipinski definition) is 2. The lowest BCUT2D eigenvalue weighted by Gasteiger charge is -2.28. The molecule has 1 aromatic carbocycles. The minimum absolute atomic E-state index is 0.128. The van der Waals surface area contributed by atoms with Crippen LogP contribution < -0.4 is 10.0 Å². The molecule has 0 atom stereocenters. The zero-order chi connectivity index (χ0) is 20.6. The number of urea groups is 1. The third-order valence-corrected chi connectivity index (χ3v) is 7.76. The molecule has 2 N–H and O–H groups in total. The molecular weight excluding hydrogens is 388 g/mol. The molecule has 0 radical (unpaired) electrons. The number of fused-ring (bicyclic) bond motifs is 2. The summed E-state index contributed by atoms with van der Waals surface area (Å²) >= 11 is 0. The van der Waals surface area contributed by atoms with Gasteiger partial charge in [0.1, 0.15) is 0 Å². The molecule has 4 rings (SSSR count). The molecule has 1 aromatic rings. The quantitative estimate of drug-likeness (QED) is 0.736. The lowest BCUT2D eigenvalue weighted by atomic mass is 9.99. The number of carbonyl (C=O) groups excluding carboxylic acids is 1. The van der Waals surface area contributed by atoms with E-state index in [1.807, 2.05) is 0 Å². The highest BCUT2D eigenvalue weighted by atomic mass is 32.2. The maximum atomic E-state index is 12.8. The van der Waals surface area contributed by atoms with Gasteiger partial charge in [0.05, 0.1) is 10.6 Å². The van der Waals surface area contributed by atoms with Gasteiger partial charge in [0.15, 0.2) is 0 Å². The number of anilines is 1. The number of hydrazone groups is 1. The Morgan fingerprint density at radius 1 is 1.03 bits per heavy atom.